The van der Waals surface area contributed by atoms with Crippen molar-refractivity contribution in [2.24, 2.45) is 5.73 Å². The van der Waals surface area contributed by atoms with Gasteiger partial charge in [-0.1, -0.05) is 25.0 Å². The highest BCUT2D eigenvalue weighted by molar-refractivity contribution is 5.99. The minimum Gasteiger partial charge on any atom is -0.487 e. The standard InChI is InChI=1S/C29H36N2O4/c30-29(33)21-8-7-9-23(16-21)31-19-22(18-28(31)32)20-14-15-26(34-24-10-3-1-2-4-11-24)27(17-20)35-25-12-5-6-13-25/h7-9,14-17,22,24-25H,1-6,10-13,18-19H2,(H2,30,33)/t22-/m0/s1. The molecule has 0 unspecified atom stereocenters. The van der Waals surface area contributed by atoms with Crippen molar-refractivity contribution in [2.75, 3.05) is 11.4 Å². The molecule has 3 fully saturated rings. The molecule has 2 aliphatic carbocycles. The fourth-order valence-corrected chi connectivity index (χ4v) is 5.70. The molecule has 0 bridgehead atoms. The Morgan fingerprint density at radius 2 is 1.49 bits per heavy atom. The number of carbonyl (C=O) groups is 2. The number of hydrogen-bond acceptors (Lipinski definition) is 4. The number of ether oxygens (including phenoxy) is 2. The zero-order valence-corrected chi connectivity index (χ0v) is 20.4. The van der Waals surface area contributed by atoms with E-state index in [1.807, 2.05) is 12.1 Å². The lowest BCUT2D eigenvalue weighted by Crippen LogP contribution is -2.25. The lowest BCUT2D eigenvalue weighted by Gasteiger charge is -2.23. The molecule has 2 amide bonds. The molecule has 2 N–H and O–H groups in total. The van der Waals surface area contributed by atoms with E-state index in [1.54, 1.807) is 23.1 Å². The summed E-state index contributed by atoms with van der Waals surface area (Å²) in [7, 11) is 0. The summed E-state index contributed by atoms with van der Waals surface area (Å²) in [5.74, 6) is 1.27. The van der Waals surface area contributed by atoms with Gasteiger partial charge in [0.25, 0.3) is 0 Å². The van der Waals surface area contributed by atoms with Crippen molar-refractivity contribution in [1.82, 2.24) is 0 Å². The van der Waals surface area contributed by atoms with Crippen molar-refractivity contribution >= 4 is 17.5 Å². The van der Waals surface area contributed by atoms with E-state index in [-0.39, 0.29) is 24.0 Å². The van der Waals surface area contributed by atoms with Crippen LogP contribution in [0, 0.1) is 0 Å². The Bertz CT molecular complexity index is 1050. The number of nitrogens with two attached hydrogens (primary N) is 1. The number of primary amides is 1. The second-order valence-corrected chi connectivity index (χ2v) is 10.3. The molecule has 2 saturated carbocycles. The summed E-state index contributed by atoms with van der Waals surface area (Å²) in [6.45, 7) is 0.562. The molecule has 0 aromatic heterocycles. The smallest absolute Gasteiger partial charge is 0.248 e. The average molecular weight is 477 g/mol. The maximum Gasteiger partial charge on any atom is 0.248 e. The maximum absolute atomic E-state index is 12.9. The van der Waals surface area contributed by atoms with Crippen LogP contribution < -0.4 is 20.1 Å². The molecule has 1 aliphatic heterocycles. The molecule has 3 aliphatic rings. The molecule has 6 nitrogen and oxygen atoms in total. The Morgan fingerprint density at radius 1 is 0.829 bits per heavy atom. The maximum atomic E-state index is 12.9. The third kappa shape index (κ3) is 5.63. The quantitative estimate of drug-likeness (QED) is 0.518. The monoisotopic (exact) mass is 476 g/mol. The van der Waals surface area contributed by atoms with E-state index in [9.17, 15) is 9.59 Å². The minimum absolute atomic E-state index is 0.0497. The summed E-state index contributed by atoms with van der Waals surface area (Å²) in [5, 5.41) is 0. The van der Waals surface area contributed by atoms with Gasteiger partial charge in [-0.25, -0.2) is 0 Å². The third-order valence-electron chi connectivity index (χ3n) is 7.70. The van der Waals surface area contributed by atoms with Crippen molar-refractivity contribution in [2.45, 2.75) is 88.8 Å². The normalized spacial score (nSPS) is 21.8. The molecule has 35 heavy (non-hydrogen) atoms. The molecule has 0 spiro atoms. The number of hydrogen-bond donors (Lipinski definition) is 1. The van der Waals surface area contributed by atoms with Gasteiger partial charge in [-0.3, -0.25) is 9.59 Å². The van der Waals surface area contributed by atoms with Crippen LogP contribution in [-0.4, -0.2) is 30.6 Å². The van der Waals surface area contributed by atoms with Gasteiger partial charge < -0.3 is 20.1 Å². The Kier molecular flexibility index (Phi) is 7.26. The predicted molar refractivity (Wildman–Crippen MR) is 136 cm³/mol. The number of carbonyl (C=O) groups excluding carboxylic acids is 2. The van der Waals surface area contributed by atoms with Crippen LogP contribution in [0.25, 0.3) is 0 Å². The summed E-state index contributed by atoms with van der Waals surface area (Å²) in [5.41, 5.74) is 7.65. The number of rotatable bonds is 7. The SMILES string of the molecule is NC(=O)c1cccc(N2C[C@@H](c3ccc(OC4CCCCCC4)c(OC4CCCC4)c3)CC2=O)c1. The molecular formula is C29H36N2O4. The molecule has 6 heteroatoms. The van der Waals surface area contributed by atoms with Gasteiger partial charge in [0.1, 0.15) is 0 Å². The van der Waals surface area contributed by atoms with Crippen molar-refractivity contribution in [3.05, 3.63) is 53.6 Å². The van der Waals surface area contributed by atoms with Gasteiger partial charge in [0.05, 0.1) is 12.2 Å². The summed E-state index contributed by atoms with van der Waals surface area (Å²) in [6, 6.07) is 13.2. The van der Waals surface area contributed by atoms with E-state index < -0.39 is 5.91 Å². The second kappa shape index (κ2) is 10.7. The van der Waals surface area contributed by atoms with Gasteiger partial charge in [0.2, 0.25) is 11.8 Å². The highest BCUT2D eigenvalue weighted by Crippen LogP contribution is 2.39. The number of amides is 2. The van der Waals surface area contributed by atoms with Crippen molar-refractivity contribution in [1.29, 1.82) is 0 Å². The van der Waals surface area contributed by atoms with E-state index in [0.29, 0.717) is 24.2 Å². The van der Waals surface area contributed by atoms with Crippen molar-refractivity contribution < 1.29 is 19.1 Å². The molecule has 5 rings (SSSR count). The lowest BCUT2D eigenvalue weighted by molar-refractivity contribution is -0.117. The first-order valence-corrected chi connectivity index (χ1v) is 13.2. The van der Waals surface area contributed by atoms with Crippen LogP contribution in [0.15, 0.2) is 42.5 Å². The first-order chi connectivity index (χ1) is 17.1. The number of nitrogens with zero attached hydrogens (tertiary/aromatic N) is 1. The van der Waals surface area contributed by atoms with Crippen LogP contribution in [0.5, 0.6) is 11.5 Å². The van der Waals surface area contributed by atoms with Gasteiger partial charge in [-0.15, -0.1) is 0 Å². The Balaban J connectivity index is 1.36. The van der Waals surface area contributed by atoms with Gasteiger partial charge in [0.15, 0.2) is 11.5 Å². The Labute approximate surface area is 207 Å². The third-order valence-corrected chi connectivity index (χ3v) is 7.70. The molecule has 1 heterocycles. The second-order valence-electron chi connectivity index (χ2n) is 10.3. The van der Waals surface area contributed by atoms with Gasteiger partial charge in [0, 0.05) is 30.1 Å². The van der Waals surface area contributed by atoms with Crippen LogP contribution in [-0.2, 0) is 4.79 Å². The van der Waals surface area contributed by atoms with Crippen molar-refractivity contribution in [3.63, 3.8) is 0 Å². The molecule has 0 radical (unpaired) electrons. The van der Waals surface area contributed by atoms with Crippen LogP contribution in [0.4, 0.5) is 5.69 Å². The zero-order chi connectivity index (χ0) is 24.2. The van der Waals surface area contributed by atoms with E-state index >= 15 is 0 Å². The summed E-state index contributed by atoms with van der Waals surface area (Å²) in [6.07, 6.45) is 12.7. The number of benzene rings is 2. The highest BCUT2D eigenvalue weighted by Gasteiger charge is 2.33. The molecule has 2 aromatic carbocycles. The first kappa shape index (κ1) is 23.7. The summed E-state index contributed by atoms with van der Waals surface area (Å²) >= 11 is 0. The van der Waals surface area contributed by atoms with E-state index in [4.69, 9.17) is 15.2 Å². The zero-order valence-electron chi connectivity index (χ0n) is 20.4. The van der Waals surface area contributed by atoms with Crippen LogP contribution >= 0.6 is 0 Å². The van der Waals surface area contributed by atoms with Crippen LogP contribution in [0.3, 0.4) is 0 Å². The van der Waals surface area contributed by atoms with E-state index in [0.717, 1.165) is 42.7 Å². The molecular weight excluding hydrogens is 440 g/mol. The highest BCUT2D eigenvalue weighted by atomic mass is 16.5. The molecule has 1 atom stereocenters. The molecule has 2 aromatic rings. The Hall–Kier alpha value is -3.02. The fourth-order valence-electron chi connectivity index (χ4n) is 5.70. The number of anilines is 1. The summed E-state index contributed by atoms with van der Waals surface area (Å²) in [4.78, 5) is 26.3. The first-order valence-electron chi connectivity index (χ1n) is 13.2. The van der Waals surface area contributed by atoms with Gasteiger partial charge in [-0.05, 0) is 87.3 Å². The van der Waals surface area contributed by atoms with Gasteiger partial charge in [-0.2, -0.15) is 0 Å². The average Bonchev–Trinajstić information content (AvgIpc) is 3.43. The molecule has 186 valence electrons. The fraction of sp³-hybridized carbons (Fsp3) is 0.517. The Morgan fingerprint density at radius 3 is 2.17 bits per heavy atom. The largest absolute Gasteiger partial charge is 0.487 e. The summed E-state index contributed by atoms with van der Waals surface area (Å²) < 4.78 is 13.0. The van der Waals surface area contributed by atoms with Crippen LogP contribution in [0.1, 0.15) is 92.5 Å². The van der Waals surface area contributed by atoms with E-state index in [1.165, 1.54) is 38.5 Å². The topological polar surface area (TPSA) is 81.9 Å². The lowest BCUT2D eigenvalue weighted by atomic mass is 9.97. The van der Waals surface area contributed by atoms with Crippen LogP contribution in [0.2, 0.25) is 0 Å². The van der Waals surface area contributed by atoms with Crippen molar-refractivity contribution in [3.8, 4) is 11.5 Å². The minimum atomic E-state index is -0.493. The molecule has 1 saturated heterocycles. The predicted octanol–water partition coefficient (Wildman–Crippen LogP) is 5.73. The van der Waals surface area contributed by atoms with E-state index in [2.05, 4.69) is 12.1 Å². The van der Waals surface area contributed by atoms with Gasteiger partial charge >= 0.3 is 0 Å².